The third-order valence-corrected chi connectivity index (χ3v) is 7.13. The number of carbonyl (C=O) groups excluding carboxylic acids is 3. The molecule has 0 radical (unpaired) electrons. The summed E-state index contributed by atoms with van der Waals surface area (Å²) in [4.78, 5) is 50.1. The molecule has 3 amide bonds. The zero-order valence-corrected chi connectivity index (χ0v) is 17.8. The summed E-state index contributed by atoms with van der Waals surface area (Å²) in [5.74, 6) is -1.31. The average Bonchev–Trinajstić information content (AvgIpc) is 3.52. The fourth-order valence-electron chi connectivity index (χ4n) is 5.64. The van der Waals surface area contributed by atoms with E-state index in [0.717, 1.165) is 17.5 Å². The molecule has 7 nitrogen and oxygen atoms in total. The highest BCUT2D eigenvalue weighted by molar-refractivity contribution is 6.11. The van der Waals surface area contributed by atoms with Gasteiger partial charge in [-0.3, -0.25) is 29.3 Å². The number of hydrogen-bond donors (Lipinski definition) is 1. The number of allylic oxidation sites excluding steroid dienone is 2. The van der Waals surface area contributed by atoms with Crippen LogP contribution in [-0.2, 0) is 20.8 Å². The van der Waals surface area contributed by atoms with Gasteiger partial charge in [-0.2, -0.15) is 0 Å². The molecule has 0 spiro atoms. The first-order valence-corrected chi connectivity index (χ1v) is 11.2. The van der Waals surface area contributed by atoms with E-state index in [9.17, 15) is 14.4 Å². The smallest absolute Gasteiger partial charge is 0.248 e. The standard InChI is InChI=1S/C26H22N4O3/c31-24(29-18-8-9-19-20(14-18)28-11-10-27-19)21(12-15-4-2-1-3-5-15)30-25(32)22-16-6-7-17(13-16)23(22)26(30)33/h1-11,14,16-17,21-23H,12-13H2,(H,29,31)/t16-,17-,21-,22+,23+/m0/s1. The number of carbonyl (C=O) groups is 3. The van der Waals surface area contributed by atoms with E-state index in [1.165, 1.54) is 4.90 Å². The highest BCUT2D eigenvalue weighted by atomic mass is 16.2. The summed E-state index contributed by atoms with van der Waals surface area (Å²) in [6, 6.07) is 13.8. The van der Waals surface area contributed by atoms with Crippen molar-refractivity contribution in [3.8, 4) is 0 Å². The molecule has 5 atom stereocenters. The number of imide groups is 1. The van der Waals surface area contributed by atoms with E-state index < -0.39 is 6.04 Å². The molecule has 2 aromatic carbocycles. The molecule has 7 heteroatoms. The SMILES string of the molecule is O=C(Nc1ccc2nccnc2c1)[C@H](Cc1ccccc1)N1C(=O)[C@H]2[C@H](C1=O)[C@H]1C=C[C@H]2C1. The lowest BCUT2D eigenvalue weighted by atomic mass is 9.85. The number of aromatic nitrogens is 2. The Hall–Kier alpha value is -3.87. The molecule has 2 heterocycles. The van der Waals surface area contributed by atoms with Gasteiger partial charge in [0.05, 0.1) is 22.9 Å². The Balaban J connectivity index is 1.32. The van der Waals surface area contributed by atoms with Crippen LogP contribution in [0.5, 0.6) is 0 Å². The fourth-order valence-corrected chi connectivity index (χ4v) is 5.64. The number of nitrogens with one attached hydrogen (secondary N) is 1. The minimum absolute atomic E-state index is 0.0981. The van der Waals surface area contributed by atoms with Gasteiger partial charge in [0.2, 0.25) is 17.7 Å². The quantitative estimate of drug-likeness (QED) is 0.488. The van der Waals surface area contributed by atoms with Crippen molar-refractivity contribution in [1.29, 1.82) is 0 Å². The summed E-state index contributed by atoms with van der Waals surface area (Å²) < 4.78 is 0. The Morgan fingerprint density at radius 3 is 2.30 bits per heavy atom. The van der Waals surface area contributed by atoms with Crippen molar-refractivity contribution in [2.24, 2.45) is 23.7 Å². The van der Waals surface area contributed by atoms with E-state index in [4.69, 9.17) is 0 Å². The van der Waals surface area contributed by atoms with Gasteiger partial charge in [-0.1, -0.05) is 42.5 Å². The molecule has 6 rings (SSSR count). The average molecular weight is 438 g/mol. The van der Waals surface area contributed by atoms with Crippen LogP contribution < -0.4 is 5.32 Å². The number of benzene rings is 2. The minimum Gasteiger partial charge on any atom is -0.324 e. The van der Waals surface area contributed by atoms with Crippen molar-refractivity contribution in [2.45, 2.75) is 18.9 Å². The normalized spacial score (nSPS) is 26.1. The molecule has 1 aliphatic heterocycles. The van der Waals surface area contributed by atoms with Crippen molar-refractivity contribution < 1.29 is 14.4 Å². The van der Waals surface area contributed by atoms with Gasteiger partial charge in [0.25, 0.3) is 0 Å². The molecular formula is C26H22N4O3. The Bertz CT molecular complexity index is 1280. The predicted octanol–water partition coefficient (Wildman–Crippen LogP) is 2.99. The van der Waals surface area contributed by atoms with Crippen LogP contribution in [-0.4, -0.2) is 38.6 Å². The maximum absolute atomic E-state index is 13.5. The zero-order valence-electron chi connectivity index (χ0n) is 17.8. The van der Waals surface area contributed by atoms with Crippen LogP contribution in [0, 0.1) is 23.7 Å². The van der Waals surface area contributed by atoms with Gasteiger partial charge < -0.3 is 5.32 Å². The predicted molar refractivity (Wildman–Crippen MR) is 122 cm³/mol. The van der Waals surface area contributed by atoms with Crippen LogP contribution in [0.1, 0.15) is 12.0 Å². The maximum Gasteiger partial charge on any atom is 0.248 e. The number of amides is 3. The fraction of sp³-hybridized carbons (Fsp3) is 0.269. The summed E-state index contributed by atoms with van der Waals surface area (Å²) in [6.07, 6.45) is 8.44. The Kier molecular flexibility index (Phi) is 4.57. The Morgan fingerprint density at radius 1 is 0.939 bits per heavy atom. The molecule has 1 N–H and O–H groups in total. The third kappa shape index (κ3) is 3.23. The van der Waals surface area contributed by atoms with Gasteiger partial charge in [-0.05, 0) is 42.0 Å². The lowest BCUT2D eigenvalue weighted by Gasteiger charge is -2.27. The summed E-state index contributed by atoms with van der Waals surface area (Å²) in [5.41, 5.74) is 2.81. The van der Waals surface area contributed by atoms with Gasteiger partial charge in [0, 0.05) is 24.5 Å². The number of nitrogens with zero attached hydrogens (tertiary/aromatic N) is 3. The molecule has 164 valence electrons. The van der Waals surface area contributed by atoms with Crippen molar-refractivity contribution >= 4 is 34.4 Å². The van der Waals surface area contributed by atoms with Gasteiger partial charge in [0.1, 0.15) is 6.04 Å². The third-order valence-electron chi connectivity index (χ3n) is 7.13. The molecule has 0 unspecified atom stereocenters. The van der Waals surface area contributed by atoms with Crippen molar-refractivity contribution in [3.63, 3.8) is 0 Å². The molecule has 3 aliphatic rings. The number of hydrogen-bond acceptors (Lipinski definition) is 5. The van der Waals surface area contributed by atoms with Crippen LogP contribution in [0.15, 0.2) is 73.1 Å². The van der Waals surface area contributed by atoms with Gasteiger partial charge >= 0.3 is 0 Å². The second-order valence-electron chi connectivity index (χ2n) is 9.00. The molecule has 3 aromatic rings. The lowest BCUT2D eigenvalue weighted by Crippen LogP contribution is -2.49. The van der Waals surface area contributed by atoms with Gasteiger partial charge in [-0.25, -0.2) is 0 Å². The summed E-state index contributed by atoms with van der Waals surface area (Å²) in [6.45, 7) is 0. The summed E-state index contributed by atoms with van der Waals surface area (Å²) >= 11 is 0. The first kappa shape index (κ1) is 19.8. The molecule has 1 aromatic heterocycles. The van der Waals surface area contributed by atoms with E-state index in [-0.39, 0.29) is 47.8 Å². The van der Waals surface area contributed by atoms with Gasteiger partial charge in [-0.15, -0.1) is 0 Å². The highest BCUT2D eigenvalue weighted by Gasteiger charge is 2.61. The molecule has 2 aliphatic carbocycles. The first-order chi connectivity index (χ1) is 16.1. The monoisotopic (exact) mass is 438 g/mol. The van der Waals surface area contributed by atoms with Crippen LogP contribution in [0.2, 0.25) is 0 Å². The van der Waals surface area contributed by atoms with Crippen LogP contribution in [0.4, 0.5) is 5.69 Å². The van der Waals surface area contributed by atoms with E-state index in [1.54, 1.807) is 30.6 Å². The Labute approximate surface area is 190 Å². The van der Waals surface area contributed by atoms with Crippen molar-refractivity contribution in [3.05, 3.63) is 78.6 Å². The summed E-state index contributed by atoms with van der Waals surface area (Å²) in [7, 11) is 0. The van der Waals surface area contributed by atoms with Crippen LogP contribution in [0.3, 0.4) is 0 Å². The molecular weight excluding hydrogens is 416 g/mol. The van der Waals surface area contributed by atoms with Gasteiger partial charge in [0.15, 0.2) is 0 Å². The second-order valence-corrected chi connectivity index (χ2v) is 9.00. The second kappa shape index (κ2) is 7.62. The van der Waals surface area contributed by atoms with E-state index in [2.05, 4.69) is 27.4 Å². The number of likely N-dealkylation sites (tertiary alicyclic amines) is 1. The van der Waals surface area contributed by atoms with Crippen molar-refractivity contribution in [2.75, 3.05) is 5.32 Å². The zero-order chi connectivity index (χ0) is 22.5. The molecule has 2 bridgehead atoms. The number of rotatable bonds is 5. The van der Waals surface area contributed by atoms with E-state index >= 15 is 0 Å². The molecule has 1 saturated heterocycles. The van der Waals surface area contributed by atoms with Crippen molar-refractivity contribution in [1.82, 2.24) is 14.9 Å². The van der Waals surface area contributed by atoms with E-state index in [1.807, 2.05) is 30.3 Å². The maximum atomic E-state index is 13.5. The first-order valence-electron chi connectivity index (χ1n) is 11.2. The molecule has 2 fully saturated rings. The minimum atomic E-state index is -0.921. The number of fused-ring (bicyclic) bond motifs is 6. The molecule has 1 saturated carbocycles. The van der Waals surface area contributed by atoms with Crippen LogP contribution in [0.25, 0.3) is 11.0 Å². The largest absolute Gasteiger partial charge is 0.324 e. The summed E-state index contributed by atoms with van der Waals surface area (Å²) in [5, 5.41) is 2.91. The highest BCUT2D eigenvalue weighted by Crippen LogP contribution is 2.53. The topological polar surface area (TPSA) is 92.3 Å². The Morgan fingerprint density at radius 2 is 1.61 bits per heavy atom. The van der Waals surface area contributed by atoms with Crippen LogP contribution >= 0.6 is 0 Å². The number of anilines is 1. The molecule has 33 heavy (non-hydrogen) atoms. The lowest BCUT2D eigenvalue weighted by molar-refractivity contribution is -0.147. The van der Waals surface area contributed by atoms with E-state index in [0.29, 0.717) is 11.2 Å².